The molecule has 0 heterocycles. The van der Waals surface area contributed by atoms with Crippen molar-refractivity contribution in [2.75, 3.05) is 31.2 Å². The van der Waals surface area contributed by atoms with Gasteiger partial charge in [0.25, 0.3) is 0 Å². The number of carbonyl (C=O) groups is 1. The molecular weight excluding hydrogens is 278 g/mol. The predicted octanol–water partition coefficient (Wildman–Crippen LogP) is 1.95. The molecule has 0 aromatic heterocycles. The molecule has 1 rings (SSSR count). The van der Waals surface area contributed by atoms with Gasteiger partial charge < -0.3 is 16.2 Å². The topological polar surface area (TPSA) is 78.6 Å². The lowest BCUT2D eigenvalue weighted by Gasteiger charge is -2.33. The molecule has 0 unspecified atom stereocenters. The molecule has 112 valence electrons. The van der Waals surface area contributed by atoms with E-state index in [-0.39, 0.29) is 18.1 Å². The summed E-state index contributed by atoms with van der Waals surface area (Å²) in [6.07, 6.45) is 0.321. The van der Waals surface area contributed by atoms with E-state index in [9.17, 15) is 9.90 Å². The second-order valence-electron chi connectivity index (χ2n) is 5.42. The summed E-state index contributed by atoms with van der Waals surface area (Å²) in [6, 6.07) is 4.95. The van der Waals surface area contributed by atoms with E-state index in [0.717, 1.165) is 0 Å². The van der Waals surface area contributed by atoms with E-state index < -0.39 is 0 Å². The summed E-state index contributed by atoms with van der Waals surface area (Å²) in [5, 5.41) is 12.5. The lowest BCUT2D eigenvalue weighted by molar-refractivity contribution is -0.116. The van der Waals surface area contributed by atoms with Crippen LogP contribution in [-0.2, 0) is 4.79 Å². The van der Waals surface area contributed by atoms with Gasteiger partial charge in [-0.3, -0.25) is 9.69 Å². The summed E-state index contributed by atoms with van der Waals surface area (Å²) >= 11 is 5.80. The van der Waals surface area contributed by atoms with Crippen molar-refractivity contribution in [1.29, 1.82) is 0 Å². The van der Waals surface area contributed by atoms with Crippen LogP contribution < -0.4 is 11.1 Å². The zero-order chi connectivity index (χ0) is 15.3. The molecule has 20 heavy (non-hydrogen) atoms. The first-order valence-corrected chi connectivity index (χ1v) is 6.81. The Morgan fingerprint density at radius 2 is 2.15 bits per heavy atom. The van der Waals surface area contributed by atoms with E-state index in [1.165, 1.54) is 0 Å². The number of aliphatic hydroxyl groups excluding tert-OH is 1. The number of aliphatic hydroxyl groups is 1. The zero-order valence-electron chi connectivity index (χ0n) is 12.1. The Kier molecular flexibility index (Phi) is 5.80. The Morgan fingerprint density at radius 3 is 2.70 bits per heavy atom. The standard InChI is InChI=1S/C14H22ClN3O2/c1-14(2,9-19)18(3)7-6-13(20)17-12-5-4-10(15)8-11(12)16/h4-5,8,19H,6-7,9,16H2,1-3H3,(H,17,20). The predicted molar refractivity (Wildman–Crippen MR) is 82.9 cm³/mol. The maximum absolute atomic E-state index is 11.9. The molecule has 0 radical (unpaired) electrons. The number of nitrogens with one attached hydrogen (secondary N) is 1. The number of hydrogen-bond donors (Lipinski definition) is 3. The normalized spacial score (nSPS) is 11.7. The highest BCUT2D eigenvalue weighted by Crippen LogP contribution is 2.22. The number of benzene rings is 1. The van der Waals surface area contributed by atoms with Crippen molar-refractivity contribution in [3.05, 3.63) is 23.2 Å². The van der Waals surface area contributed by atoms with E-state index in [2.05, 4.69) is 5.32 Å². The smallest absolute Gasteiger partial charge is 0.225 e. The maximum Gasteiger partial charge on any atom is 0.225 e. The first-order chi connectivity index (χ1) is 9.26. The largest absolute Gasteiger partial charge is 0.397 e. The fourth-order valence-electron chi connectivity index (χ4n) is 1.55. The average molecular weight is 300 g/mol. The van der Waals surface area contributed by atoms with Gasteiger partial charge in [-0.2, -0.15) is 0 Å². The Bertz CT molecular complexity index is 477. The molecule has 0 atom stereocenters. The third kappa shape index (κ3) is 4.67. The van der Waals surface area contributed by atoms with Gasteiger partial charge in [-0.25, -0.2) is 0 Å². The first-order valence-electron chi connectivity index (χ1n) is 6.43. The van der Waals surface area contributed by atoms with E-state index >= 15 is 0 Å². The van der Waals surface area contributed by atoms with E-state index in [0.29, 0.717) is 29.4 Å². The Balaban J connectivity index is 2.52. The number of rotatable bonds is 6. The van der Waals surface area contributed by atoms with Crippen molar-refractivity contribution in [2.45, 2.75) is 25.8 Å². The van der Waals surface area contributed by atoms with Crippen LogP contribution in [0.1, 0.15) is 20.3 Å². The summed E-state index contributed by atoms with van der Waals surface area (Å²) in [5.74, 6) is -0.125. The highest BCUT2D eigenvalue weighted by molar-refractivity contribution is 6.31. The number of nitrogen functional groups attached to an aromatic ring is 1. The minimum Gasteiger partial charge on any atom is -0.397 e. The molecule has 0 saturated carbocycles. The Morgan fingerprint density at radius 1 is 1.50 bits per heavy atom. The van der Waals surface area contributed by atoms with E-state index in [1.54, 1.807) is 18.2 Å². The SMILES string of the molecule is CN(CCC(=O)Nc1ccc(Cl)cc1N)C(C)(C)CO. The number of carbonyl (C=O) groups excluding carboxylic acids is 1. The van der Waals surface area contributed by atoms with Crippen LogP contribution >= 0.6 is 11.6 Å². The molecule has 4 N–H and O–H groups in total. The van der Waals surface area contributed by atoms with Crippen LogP contribution in [0, 0.1) is 0 Å². The molecule has 0 spiro atoms. The third-order valence-electron chi connectivity index (χ3n) is 3.38. The van der Waals surface area contributed by atoms with Gasteiger partial charge in [0.15, 0.2) is 0 Å². The van der Waals surface area contributed by atoms with Gasteiger partial charge in [0.2, 0.25) is 5.91 Å². The average Bonchev–Trinajstić information content (AvgIpc) is 2.39. The fourth-order valence-corrected chi connectivity index (χ4v) is 1.73. The Labute approximate surface area is 124 Å². The van der Waals surface area contributed by atoms with Crippen molar-refractivity contribution in [2.24, 2.45) is 0 Å². The molecule has 1 aromatic carbocycles. The minimum atomic E-state index is -0.348. The summed E-state index contributed by atoms with van der Waals surface area (Å²) in [7, 11) is 1.88. The fraction of sp³-hybridized carbons (Fsp3) is 0.500. The van der Waals surface area contributed by atoms with Crippen LogP contribution in [0.5, 0.6) is 0 Å². The van der Waals surface area contributed by atoms with Crippen LogP contribution in [0.2, 0.25) is 5.02 Å². The van der Waals surface area contributed by atoms with Gasteiger partial charge in [-0.15, -0.1) is 0 Å². The third-order valence-corrected chi connectivity index (χ3v) is 3.62. The maximum atomic E-state index is 11.9. The number of nitrogens with two attached hydrogens (primary N) is 1. The molecule has 0 aliphatic carbocycles. The van der Waals surface area contributed by atoms with E-state index in [1.807, 2.05) is 25.8 Å². The number of amides is 1. The van der Waals surface area contributed by atoms with Crippen LogP contribution in [0.15, 0.2) is 18.2 Å². The van der Waals surface area contributed by atoms with Gasteiger partial charge in [0.1, 0.15) is 0 Å². The molecule has 5 nitrogen and oxygen atoms in total. The molecule has 0 bridgehead atoms. The summed E-state index contributed by atoms with van der Waals surface area (Å²) in [4.78, 5) is 13.8. The molecular formula is C14H22ClN3O2. The van der Waals surface area contributed by atoms with Crippen LogP contribution in [0.25, 0.3) is 0 Å². The second kappa shape index (κ2) is 6.92. The summed E-state index contributed by atoms with van der Waals surface area (Å²) in [6.45, 7) is 4.42. The quantitative estimate of drug-likeness (QED) is 0.702. The zero-order valence-corrected chi connectivity index (χ0v) is 12.9. The molecule has 6 heteroatoms. The minimum absolute atomic E-state index is 0.0370. The van der Waals surface area contributed by atoms with Gasteiger partial charge in [0.05, 0.1) is 18.0 Å². The summed E-state index contributed by atoms with van der Waals surface area (Å²) < 4.78 is 0. The number of halogens is 1. The van der Waals surface area contributed by atoms with Crippen molar-refractivity contribution >= 4 is 28.9 Å². The second-order valence-corrected chi connectivity index (χ2v) is 5.86. The van der Waals surface area contributed by atoms with Gasteiger partial charge in [-0.05, 0) is 39.1 Å². The lowest BCUT2D eigenvalue weighted by Crippen LogP contribution is -2.45. The highest BCUT2D eigenvalue weighted by atomic mass is 35.5. The highest BCUT2D eigenvalue weighted by Gasteiger charge is 2.22. The van der Waals surface area contributed by atoms with E-state index in [4.69, 9.17) is 17.3 Å². The van der Waals surface area contributed by atoms with Crippen molar-refractivity contribution in [1.82, 2.24) is 4.90 Å². The van der Waals surface area contributed by atoms with Crippen LogP contribution in [-0.4, -0.2) is 41.7 Å². The molecule has 0 fully saturated rings. The van der Waals surface area contributed by atoms with Gasteiger partial charge >= 0.3 is 0 Å². The van der Waals surface area contributed by atoms with Crippen molar-refractivity contribution < 1.29 is 9.90 Å². The molecule has 1 amide bonds. The monoisotopic (exact) mass is 299 g/mol. The number of likely N-dealkylation sites (N-methyl/N-ethyl adjacent to an activating group) is 1. The van der Waals surface area contributed by atoms with Gasteiger partial charge in [-0.1, -0.05) is 11.6 Å². The number of hydrogen-bond acceptors (Lipinski definition) is 4. The number of anilines is 2. The summed E-state index contributed by atoms with van der Waals surface area (Å²) in [5.41, 5.74) is 6.42. The molecule has 0 aliphatic heterocycles. The van der Waals surface area contributed by atoms with Crippen molar-refractivity contribution in [3.63, 3.8) is 0 Å². The van der Waals surface area contributed by atoms with Crippen LogP contribution in [0.4, 0.5) is 11.4 Å². The molecule has 1 aromatic rings. The lowest BCUT2D eigenvalue weighted by atomic mass is 10.1. The van der Waals surface area contributed by atoms with Crippen LogP contribution in [0.3, 0.4) is 0 Å². The molecule has 0 saturated heterocycles. The van der Waals surface area contributed by atoms with Crippen molar-refractivity contribution in [3.8, 4) is 0 Å². The first kappa shape index (κ1) is 16.8. The molecule has 0 aliphatic rings. The number of nitrogens with zero attached hydrogens (tertiary/aromatic N) is 1. The van der Waals surface area contributed by atoms with Gasteiger partial charge in [0, 0.05) is 23.5 Å². The Hall–Kier alpha value is -1.30.